The van der Waals surface area contributed by atoms with Crippen molar-refractivity contribution in [3.63, 3.8) is 0 Å². The van der Waals surface area contributed by atoms with Gasteiger partial charge in [-0.05, 0) is 58.9 Å². The SMILES string of the molecule is CC(C)OC[C@H](O)CN(Cc1nc2sc3c(c2c(=O)[nH]1)CCCC3)C(C)C. The molecule has 0 saturated carbocycles. The largest absolute Gasteiger partial charge is 0.389 e. The highest BCUT2D eigenvalue weighted by molar-refractivity contribution is 7.18. The Hall–Kier alpha value is -1.28. The molecule has 0 aromatic carbocycles. The summed E-state index contributed by atoms with van der Waals surface area (Å²) in [7, 11) is 0. The Morgan fingerprint density at radius 2 is 2.00 bits per heavy atom. The smallest absolute Gasteiger partial charge is 0.259 e. The molecule has 2 N–H and O–H groups in total. The number of ether oxygens (including phenoxy) is 1. The van der Waals surface area contributed by atoms with E-state index in [9.17, 15) is 9.90 Å². The molecule has 1 aliphatic carbocycles. The number of aryl methyl sites for hydroxylation is 2. The fourth-order valence-corrected chi connectivity index (χ4v) is 4.84. The van der Waals surface area contributed by atoms with Crippen molar-refractivity contribution >= 4 is 21.6 Å². The summed E-state index contributed by atoms with van der Waals surface area (Å²) in [5.74, 6) is 0.664. The van der Waals surface area contributed by atoms with Crippen molar-refractivity contribution < 1.29 is 9.84 Å². The fourth-order valence-electron chi connectivity index (χ4n) is 3.56. The molecule has 0 unspecified atom stereocenters. The van der Waals surface area contributed by atoms with Crippen molar-refractivity contribution in [2.45, 2.75) is 78.2 Å². The first-order valence-corrected chi connectivity index (χ1v) is 10.7. The Bertz CT molecular complexity index is 828. The van der Waals surface area contributed by atoms with E-state index in [0.717, 1.165) is 29.5 Å². The average Bonchev–Trinajstić information content (AvgIpc) is 2.98. The molecule has 0 bridgehead atoms. The van der Waals surface area contributed by atoms with E-state index < -0.39 is 6.10 Å². The Labute approximate surface area is 164 Å². The molecule has 27 heavy (non-hydrogen) atoms. The van der Waals surface area contributed by atoms with E-state index in [1.807, 2.05) is 13.8 Å². The molecule has 7 heteroatoms. The summed E-state index contributed by atoms with van der Waals surface area (Å²) in [6.45, 7) is 9.36. The molecular weight excluding hydrogens is 362 g/mol. The first-order chi connectivity index (χ1) is 12.8. The molecule has 0 radical (unpaired) electrons. The zero-order valence-electron chi connectivity index (χ0n) is 16.7. The summed E-state index contributed by atoms with van der Waals surface area (Å²) in [5, 5.41) is 11.1. The third-order valence-electron chi connectivity index (χ3n) is 5.02. The first-order valence-electron chi connectivity index (χ1n) is 9.92. The monoisotopic (exact) mass is 393 g/mol. The number of aromatic nitrogens is 2. The molecule has 0 saturated heterocycles. The third-order valence-corrected chi connectivity index (χ3v) is 6.21. The Kier molecular flexibility index (Phi) is 6.68. The van der Waals surface area contributed by atoms with Crippen LogP contribution < -0.4 is 5.56 Å². The lowest BCUT2D eigenvalue weighted by molar-refractivity contribution is -0.0140. The van der Waals surface area contributed by atoms with Gasteiger partial charge in [-0.15, -0.1) is 11.3 Å². The number of nitrogens with zero attached hydrogens (tertiary/aromatic N) is 2. The van der Waals surface area contributed by atoms with Crippen LogP contribution in [0, 0.1) is 0 Å². The highest BCUT2D eigenvalue weighted by Gasteiger charge is 2.21. The maximum Gasteiger partial charge on any atom is 0.259 e. The van der Waals surface area contributed by atoms with E-state index in [-0.39, 0.29) is 17.7 Å². The Morgan fingerprint density at radius 1 is 1.26 bits per heavy atom. The predicted molar refractivity (Wildman–Crippen MR) is 110 cm³/mol. The Morgan fingerprint density at radius 3 is 2.70 bits per heavy atom. The van der Waals surface area contributed by atoms with Gasteiger partial charge in [-0.1, -0.05) is 0 Å². The van der Waals surface area contributed by atoms with Crippen molar-refractivity contribution in [2.75, 3.05) is 13.2 Å². The minimum absolute atomic E-state index is 0.0261. The number of aliphatic hydroxyl groups excluding tert-OH is 1. The van der Waals surface area contributed by atoms with Crippen molar-refractivity contribution in [3.8, 4) is 0 Å². The molecule has 1 atom stereocenters. The van der Waals surface area contributed by atoms with E-state index in [1.54, 1.807) is 11.3 Å². The van der Waals surface area contributed by atoms with Crippen LogP contribution in [0.25, 0.3) is 10.2 Å². The zero-order chi connectivity index (χ0) is 19.6. The van der Waals surface area contributed by atoms with Crippen LogP contribution in [0.5, 0.6) is 0 Å². The van der Waals surface area contributed by atoms with Crippen molar-refractivity contribution in [1.82, 2.24) is 14.9 Å². The lowest BCUT2D eigenvalue weighted by atomic mass is 9.97. The second-order valence-electron chi connectivity index (χ2n) is 7.96. The van der Waals surface area contributed by atoms with Crippen molar-refractivity contribution in [1.29, 1.82) is 0 Å². The van der Waals surface area contributed by atoms with Crippen LogP contribution in [0.2, 0.25) is 0 Å². The molecule has 2 heterocycles. The van der Waals surface area contributed by atoms with Gasteiger partial charge < -0.3 is 14.8 Å². The molecule has 150 valence electrons. The minimum Gasteiger partial charge on any atom is -0.389 e. The number of thiophene rings is 1. The van der Waals surface area contributed by atoms with Crippen LogP contribution in [-0.4, -0.2) is 51.4 Å². The van der Waals surface area contributed by atoms with Gasteiger partial charge in [-0.3, -0.25) is 9.69 Å². The Balaban J connectivity index is 1.78. The number of H-pyrrole nitrogens is 1. The number of rotatable bonds is 8. The van der Waals surface area contributed by atoms with Gasteiger partial charge >= 0.3 is 0 Å². The van der Waals surface area contributed by atoms with Crippen molar-refractivity contribution in [2.24, 2.45) is 0 Å². The zero-order valence-corrected chi connectivity index (χ0v) is 17.6. The average molecular weight is 394 g/mol. The molecule has 0 fully saturated rings. The van der Waals surface area contributed by atoms with E-state index in [0.29, 0.717) is 25.5 Å². The van der Waals surface area contributed by atoms with Crippen molar-refractivity contribution in [3.05, 3.63) is 26.6 Å². The molecule has 2 aromatic rings. The third kappa shape index (κ3) is 4.96. The summed E-state index contributed by atoms with van der Waals surface area (Å²) >= 11 is 1.67. The second-order valence-corrected chi connectivity index (χ2v) is 9.05. The number of aromatic amines is 1. The van der Waals surface area contributed by atoms with Crippen LogP contribution in [-0.2, 0) is 24.1 Å². The van der Waals surface area contributed by atoms with Gasteiger partial charge in [0, 0.05) is 17.5 Å². The van der Waals surface area contributed by atoms with Gasteiger partial charge in [0.05, 0.1) is 30.7 Å². The van der Waals surface area contributed by atoms with E-state index >= 15 is 0 Å². The number of hydrogen-bond acceptors (Lipinski definition) is 6. The quantitative estimate of drug-likeness (QED) is 0.721. The molecule has 0 spiro atoms. The van der Waals surface area contributed by atoms with Crippen LogP contribution in [0.4, 0.5) is 0 Å². The molecule has 6 nitrogen and oxygen atoms in total. The maximum absolute atomic E-state index is 12.7. The van der Waals surface area contributed by atoms with E-state index in [1.165, 1.54) is 16.9 Å². The van der Waals surface area contributed by atoms with E-state index in [4.69, 9.17) is 9.72 Å². The standard InChI is InChI=1S/C20H31N3O3S/c1-12(2)23(9-14(24)11-26-13(3)4)10-17-21-19(25)18-15-7-5-6-8-16(15)27-20(18)22-17/h12-14,24H,5-11H2,1-4H3,(H,21,22,25)/t14-/m1/s1. The summed E-state index contributed by atoms with van der Waals surface area (Å²) in [6.07, 6.45) is 3.92. The van der Waals surface area contributed by atoms with Crippen LogP contribution in [0.3, 0.4) is 0 Å². The summed E-state index contributed by atoms with van der Waals surface area (Å²) in [4.78, 5) is 24.7. The molecular formula is C20H31N3O3S. The lowest BCUT2D eigenvalue weighted by Crippen LogP contribution is -2.39. The molecule has 0 amide bonds. The number of hydrogen-bond donors (Lipinski definition) is 2. The lowest BCUT2D eigenvalue weighted by Gasteiger charge is -2.28. The normalized spacial score (nSPS) is 15.9. The van der Waals surface area contributed by atoms with Crippen LogP contribution in [0.1, 0.15) is 56.8 Å². The first kappa shape index (κ1) is 20.5. The highest BCUT2D eigenvalue weighted by atomic mass is 32.1. The molecule has 3 rings (SSSR count). The highest BCUT2D eigenvalue weighted by Crippen LogP contribution is 2.33. The molecule has 2 aromatic heterocycles. The van der Waals surface area contributed by atoms with Gasteiger partial charge in [-0.25, -0.2) is 4.98 Å². The van der Waals surface area contributed by atoms with Crippen LogP contribution >= 0.6 is 11.3 Å². The molecule has 0 aliphatic heterocycles. The predicted octanol–water partition coefficient (Wildman–Crippen LogP) is 2.86. The number of nitrogens with one attached hydrogen (secondary N) is 1. The number of fused-ring (bicyclic) bond motifs is 3. The fraction of sp³-hybridized carbons (Fsp3) is 0.700. The van der Waals surface area contributed by atoms with Crippen LogP contribution in [0.15, 0.2) is 4.79 Å². The second kappa shape index (κ2) is 8.82. The van der Waals surface area contributed by atoms with E-state index in [2.05, 4.69) is 23.7 Å². The number of aliphatic hydroxyl groups is 1. The summed E-state index contributed by atoms with van der Waals surface area (Å²) in [6, 6.07) is 0.219. The maximum atomic E-state index is 12.7. The summed E-state index contributed by atoms with van der Waals surface area (Å²) in [5.41, 5.74) is 1.19. The van der Waals surface area contributed by atoms with Gasteiger partial charge in [0.15, 0.2) is 0 Å². The van der Waals surface area contributed by atoms with Gasteiger partial charge in [0.1, 0.15) is 10.7 Å². The van der Waals surface area contributed by atoms with Gasteiger partial charge in [-0.2, -0.15) is 0 Å². The van der Waals surface area contributed by atoms with Gasteiger partial charge in [0.2, 0.25) is 0 Å². The molecule has 1 aliphatic rings. The topological polar surface area (TPSA) is 78.5 Å². The minimum atomic E-state index is -0.570. The van der Waals surface area contributed by atoms with Gasteiger partial charge in [0.25, 0.3) is 5.56 Å². The summed E-state index contributed by atoms with van der Waals surface area (Å²) < 4.78 is 5.51.